The summed E-state index contributed by atoms with van der Waals surface area (Å²) in [4.78, 5) is 151. The fourth-order valence-corrected chi connectivity index (χ4v) is 15.5. The maximum atomic E-state index is 14.3. The predicted molar refractivity (Wildman–Crippen MR) is 331 cm³/mol. The summed E-state index contributed by atoms with van der Waals surface area (Å²) in [7, 11) is -22.9. The number of phosphoric acid groups is 4. The maximum Gasteiger partial charge on any atom is 0.472 e. The molecule has 5 fully saturated rings. The molecule has 12 rings (SSSR count). The number of nitrogens with zero attached hydrogens (tertiary/aromatic N) is 11. The average Bonchev–Trinajstić information content (AvgIpc) is 1.62. The molecule has 19 N–H and O–H groups in total. The highest BCUT2D eigenvalue weighted by atomic mass is 31.2. The Bertz CT molecular complexity index is 4940. The molecular formula is C49H63N17O33P4. The first kappa shape index (κ1) is 75.2. The van der Waals surface area contributed by atoms with Crippen molar-refractivity contribution in [1.82, 2.24) is 67.7 Å². The second-order valence-corrected chi connectivity index (χ2v) is 29.2. The maximum absolute atomic E-state index is 14.3. The Morgan fingerprint density at radius 2 is 0.942 bits per heavy atom. The van der Waals surface area contributed by atoms with Crippen LogP contribution in [0.5, 0.6) is 0 Å². The summed E-state index contributed by atoms with van der Waals surface area (Å²) in [5.41, 5.74) is 10.7. The van der Waals surface area contributed by atoms with Crippen LogP contribution in [0.2, 0.25) is 0 Å². The number of aliphatic hydroxyl groups excluding tert-OH is 6. The number of ether oxygens (including phenoxy) is 5. The van der Waals surface area contributed by atoms with E-state index < -0.39 is 232 Å². The van der Waals surface area contributed by atoms with Crippen LogP contribution in [0.4, 0.5) is 17.6 Å². The highest BCUT2D eigenvalue weighted by molar-refractivity contribution is 7.48. The molecule has 5 aliphatic heterocycles. The number of aryl methyl sites for hydroxylation is 2. The van der Waals surface area contributed by atoms with Gasteiger partial charge in [-0.2, -0.15) is 9.97 Å². The van der Waals surface area contributed by atoms with Crippen molar-refractivity contribution in [2.24, 2.45) is 0 Å². The normalized spacial score (nSPS) is 31.9. The Labute approximate surface area is 570 Å². The highest BCUT2D eigenvalue weighted by Crippen LogP contribution is 2.55. The minimum atomic E-state index is -5.90. The Morgan fingerprint density at radius 1 is 0.515 bits per heavy atom. The van der Waals surface area contributed by atoms with E-state index in [2.05, 4.69) is 39.9 Å². The molecule has 7 aromatic rings. The van der Waals surface area contributed by atoms with Crippen LogP contribution >= 0.6 is 31.3 Å². The third-order valence-electron chi connectivity index (χ3n) is 16.6. The molecule has 0 spiro atoms. The number of fused-ring (bicyclic) bond motifs is 2. The molecular weight excluding hydrogens is 1480 g/mol. The number of nitrogens with one attached hydrogen (secondary N) is 3. The van der Waals surface area contributed by atoms with Gasteiger partial charge in [0.15, 0.2) is 47.5 Å². The molecule has 5 aliphatic rings. The van der Waals surface area contributed by atoms with E-state index in [1.165, 1.54) is 18.4 Å². The second kappa shape index (κ2) is 29.1. The minimum absolute atomic E-state index is 0.0332. The molecule has 54 heteroatoms. The molecule has 12 heterocycles. The molecule has 103 heavy (non-hydrogen) atoms. The van der Waals surface area contributed by atoms with E-state index >= 15 is 0 Å². The van der Waals surface area contributed by atoms with E-state index in [1.807, 2.05) is 4.98 Å². The molecule has 7 aromatic heterocycles. The lowest BCUT2D eigenvalue weighted by Crippen LogP contribution is -2.39. The number of nitrogen functional groups attached to an aromatic ring is 3. The van der Waals surface area contributed by atoms with Gasteiger partial charge in [-0.3, -0.25) is 88.4 Å². The van der Waals surface area contributed by atoms with E-state index in [0.717, 1.165) is 52.8 Å². The van der Waals surface area contributed by atoms with Gasteiger partial charge in [-0.15, -0.1) is 0 Å². The Kier molecular flexibility index (Phi) is 21.3. The number of aromatic nitrogens is 14. The lowest BCUT2D eigenvalue weighted by atomic mass is 10.1. The van der Waals surface area contributed by atoms with Gasteiger partial charge >= 0.3 is 48.4 Å². The molecule has 8 unspecified atom stereocenters. The molecule has 0 radical (unpaired) electrons. The van der Waals surface area contributed by atoms with Gasteiger partial charge in [0.05, 0.1) is 51.8 Å². The van der Waals surface area contributed by atoms with Crippen LogP contribution in [-0.4, -0.2) is 236 Å². The molecule has 23 atom stereocenters. The van der Waals surface area contributed by atoms with Gasteiger partial charge in [-0.1, -0.05) is 0 Å². The smallest absolute Gasteiger partial charge is 0.394 e. The Morgan fingerprint density at radius 3 is 1.44 bits per heavy atom. The first-order chi connectivity index (χ1) is 48.5. The van der Waals surface area contributed by atoms with Crippen molar-refractivity contribution in [3.63, 3.8) is 0 Å². The zero-order chi connectivity index (χ0) is 74.3. The van der Waals surface area contributed by atoms with Gasteiger partial charge in [0, 0.05) is 36.1 Å². The van der Waals surface area contributed by atoms with E-state index in [4.69, 9.17) is 77.1 Å². The van der Waals surface area contributed by atoms with Crippen molar-refractivity contribution < 1.29 is 128 Å². The highest BCUT2D eigenvalue weighted by Gasteiger charge is 2.56. The quantitative estimate of drug-likeness (QED) is 0.0224. The van der Waals surface area contributed by atoms with Crippen molar-refractivity contribution in [1.29, 1.82) is 0 Å². The summed E-state index contributed by atoms with van der Waals surface area (Å²) in [5.74, 6) is -0.883. The number of nitrogens with two attached hydrogens (primary N) is 3. The van der Waals surface area contributed by atoms with E-state index in [-0.39, 0.29) is 40.3 Å². The first-order valence-corrected chi connectivity index (χ1v) is 36.0. The van der Waals surface area contributed by atoms with Crippen LogP contribution in [0.1, 0.15) is 48.7 Å². The number of anilines is 3. The summed E-state index contributed by atoms with van der Waals surface area (Å²) in [6.45, 7) is -3.30. The number of hydrogen-bond donors (Lipinski definition) is 16. The van der Waals surface area contributed by atoms with Crippen molar-refractivity contribution in [2.45, 2.75) is 137 Å². The summed E-state index contributed by atoms with van der Waals surface area (Å²) in [5, 5.41) is 67.7. The van der Waals surface area contributed by atoms with E-state index in [0.29, 0.717) is 9.13 Å². The van der Waals surface area contributed by atoms with Crippen LogP contribution < -0.4 is 50.9 Å². The number of aliphatic hydroxyl groups is 6. The van der Waals surface area contributed by atoms with Crippen LogP contribution in [0, 0.1) is 13.8 Å². The Hall–Kier alpha value is -7.46. The van der Waals surface area contributed by atoms with Gasteiger partial charge in [0.1, 0.15) is 103 Å². The monoisotopic (exact) mass is 1540 g/mol. The SMILES string of the molecule is Cc1cn([C@@H]2O[C@H](COP(=O)(O)OC3[C@@H](COP(=O)(O)OC4[C@@H](COP(=O)(O)OC5[C@@H](CO)O[C@@H](n6cnc7c(N)ncnc76)[C@H]5O)O[C@@H](n5ccc(N)nc5=O)[C@H]4O)O[C@@H](n4cnc5c(=O)[nH]c(N)nc54)[C@H]3O)C(OP(=O)(O)OC[C@H]3O[C@@H](n4cc(C)c(=O)[nH]c4=O)C[C@H]3O)[C@@H]2O)c(=O)[nH]c1=O. The molecule has 5 saturated heterocycles. The summed E-state index contributed by atoms with van der Waals surface area (Å²) in [6, 6.07) is 1.07. The number of rotatable bonds is 26. The summed E-state index contributed by atoms with van der Waals surface area (Å²) < 4.78 is 131. The fraction of sp³-hybridized carbons (Fsp3) is 0.551. The van der Waals surface area contributed by atoms with Crippen LogP contribution in [0.3, 0.4) is 0 Å². The largest absolute Gasteiger partial charge is 0.472 e. The first-order valence-electron chi connectivity index (χ1n) is 30.1. The molecule has 562 valence electrons. The summed E-state index contributed by atoms with van der Waals surface area (Å²) >= 11 is 0. The van der Waals surface area contributed by atoms with Gasteiger partial charge in [0.2, 0.25) is 5.95 Å². The van der Waals surface area contributed by atoms with Gasteiger partial charge in [-0.25, -0.2) is 52.6 Å². The molecule has 0 amide bonds. The zero-order valence-electron chi connectivity index (χ0n) is 52.6. The van der Waals surface area contributed by atoms with Gasteiger partial charge < -0.3 is 91.1 Å². The zero-order valence-corrected chi connectivity index (χ0v) is 56.1. The van der Waals surface area contributed by atoms with E-state index in [9.17, 15) is 97.2 Å². The Balaban J connectivity index is 0.767. The third-order valence-corrected chi connectivity index (χ3v) is 20.6. The molecule has 0 bridgehead atoms. The predicted octanol–water partition coefficient (Wildman–Crippen LogP) is -6.64. The number of hydrogen-bond acceptors (Lipinski definition) is 38. The number of aromatic amines is 3. The molecule has 0 aromatic carbocycles. The van der Waals surface area contributed by atoms with Crippen molar-refractivity contribution >= 4 is 71.2 Å². The number of imidazole rings is 2. The van der Waals surface area contributed by atoms with Gasteiger partial charge in [0.25, 0.3) is 16.7 Å². The van der Waals surface area contributed by atoms with E-state index in [1.54, 1.807) is 0 Å². The van der Waals surface area contributed by atoms with Crippen molar-refractivity contribution in [3.8, 4) is 0 Å². The number of phosphoric ester groups is 4. The minimum Gasteiger partial charge on any atom is -0.394 e. The lowest BCUT2D eigenvalue weighted by Gasteiger charge is -2.27. The van der Waals surface area contributed by atoms with Gasteiger partial charge in [-0.05, 0) is 19.9 Å². The van der Waals surface area contributed by atoms with Crippen molar-refractivity contribution in [3.05, 3.63) is 117 Å². The topological polar surface area (TPSA) is 720 Å². The lowest BCUT2D eigenvalue weighted by molar-refractivity contribution is -0.0654. The number of H-pyrrole nitrogens is 3. The molecule has 0 saturated carbocycles. The second-order valence-electron chi connectivity index (χ2n) is 23.5. The van der Waals surface area contributed by atoms with Crippen molar-refractivity contribution in [2.75, 3.05) is 50.2 Å². The summed E-state index contributed by atoms with van der Waals surface area (Å²) in [6.07, 6.45) is -31.1. The van der Waals surface area contributed by atoms with Crippen LogP contribution in [0.25, 0.3) is 22.3 Å². The molecule has 50 nitrogen and oxygen atoms in total. The van der Waals surface area contributed by atoms with Crippen LogP contribution in [0.15, 0.2) is 72.4 Å². The fourth-order valence-electron chi connectivity index (χ4n) is 11.7. The average molecular weight is 1540 g/mol. The third kappa shape index (κ3) is 15.6. The standard InChI is InChI=1S/C49H63N17O33P4/c1-16-6-63(48(77)60-39(16)73)25-5-18(68)20(91-25)9-87-100(79,80)98-34-22(94-43(30(34)71)64-7-17(2)40(74)61-49(64)78)11-89-103(85,86)99-35-23(95-45(31(35)72)66-15-56-27-38(66)58-46(52)59-41(27)75)12-90-102(83,84)97-33-21(93-42(29(33)70)62-4-3-24(50)57-47(62)76)10-88-101(81,82)96-32-19(8-67)92-44(28(32)69)65-14-55-26-36(51)53-13-54-37(26)65/h3-4,6-7,13-15,18-23,25,28-35,42-45,67-72H,5,8-12H2,1-2H3,(H,79,80)(H,81,82)(H,83,84)(H,85,86)(H2,50,57,76)(H2,51,53,54)(H,60,73,77)(H,61,74,78)(H3,52,58,59,75)/t18-,19-,20-,21-,22-,23-,25-,28+,29+,30+,31+,32?,33?,34?,35?,42-,43-,44-,45-/m1/s1. The molecule has 0 aliphatic carbocycles. The van der Waals surface area contributed by atoms with Crippen LogP contribution in [-0.2, 0) is 78.1 Å².